The van der Waals surface area contributed by atoms with Gasteiger partial charge in [0.05, 0.1) is 0 Å². The molecule has 47 valence electrons. The third-order valence-corrected chi connectivity index (χ3v) is 1.42. The van der Waals surface area contributed by atoms with Crippen LogP contribution in [0.5, 0.6) is 0 Å². The van der Waals surface area contributed by atoms with E-state index in [1.807, 2.05) is 0 Å². The quantitative estimate of drug-likeness (QED) is 0.573. The minimum Gasteiger partial charge on any atom is -0.226 e. The topological polar surface area (TPSA) is 12.9 Å². The van der Waals surface area contributed by atoms with E-state index in [1.54, 1.807) is 0 Å². The van der Waals surface area contributed by atoms with Crippen LogP contribution in [0.15, 0.2) is 10.7 Å². The standard InChI is InChI=1S/C5HBrF2N/c6-4-3(7)1-2-9-5(4)8/h2H. The molecule has 1 rings (SSSR count). The number of hydrogen-bond acceptors (Lipinski definition) is 1. The van der Waals surface area contributed by atoms with Crippen LogP contribution in [0, 0.1) is 17.8 Å². The Morgan fingerprint density at radius 3 is 2.67 bits per heavy atom. The smallest absolute Gasteiger partial charge is 0.226 e. The highest BCUT2D eigenvalue weighted by molar-refractivity contribution is 9.10. The molecule has 1 nitrogen and oxygen atoms in total. The van der Waals surface area contributed by atoms with Crippen LogP contribution in [-0.4, -0.2) is 4.98 Å². The molecule has 9 heavy (non-hydrogen) atoms. The lowest BCUT2D eigenvalue weighted by molar-refractivity contribution is 0.539. The van der Waals surface area contributed by atoms with Crippen LogP contribution in [-0.2, 0) is 0 Å². The van der Waals surface area contributed by atoms with Crippen LogP contribution < -0.4 is 0 Å². The Balaban J connectivity index is 3.25. The second kappa shape index (κ2) is 2.39. The number of halogens is 3. The highest BCUT2D eigenvalue weighted by atomic mass is 79.9. The van der Waals surface area contributed by atoms with Crippen molar-refractivity contribution in [3.05, 3.63) is 28.5 Å². The zero-order valence-corrected chi connectivity index (χ0v) is 5.74. The first-order valence-corrected chi connectivity index (χ1v) is 2.88. The molecule has 0 saturated heterocycles. The first-order valence-electron chi connectivity index (χ1n) is 2.09. The van der Waals surface area contributed by atoms with E-state index in [2.05, 4.69) is 27.0 Å². The van der Waals surface area contributed by atoms with Crippen molar-refractivity contribution in [2.45, 2.75) is 0 Å². The van der Waals surface area contributed by atoms with Gasteiger partial charge < -0.3 is 0 Å². The third kappa shape index (κ3) is 1.24. The lowest BCUT2D eigenvalue weighted by atomic mass is 10.5. The van der Waals surface area contributed by atoms with E-state index in [-0.39, 0.29) is 4.47 Å². The summed E-state index contributed by atoms with van der Waals surface area (Å²) in [4.78, 5) is 3.13. The molecule has 1 aromatic rings. The van der Waals surface area contributed by atoms with E-state index in [0.717, 1.165) is 6.20 Å². The molecule has 0 aliphatic heterocycles. The average Bonchev–Trinajstić information content (AvgIpc) is 1.83. The second-order valence-electron chi connectivity index (χ2n) is 1.32. The van der Waals surface area contributed by atoms with E-state index < -0.39 is 11.8 Å². The molecule has 0 bridgehead atoms. The van der Waals surface area contributed by atoms with Gasteiger partial charge in [-0.25, -0.2) is 9.37 Å². The van der Waals surface area contributed by atoms with Gasteiger partial charge in [-0.1, -0.05) is 0 Å². The summed E-state index contributed by atoms with van der Waals surface area (Å²) >= 11 is 2.64. The summed E-state index contributed by atoms with van der Waals surface area (Å²) in [6.07, 6.45) is 0.940. The molecule has 4 heteroatoms. The largest absolute Gasteiger partial charge is 0.230 e. The predicted octanol–water partition coefficient (Wildman–Crippen LogP) is 1.92. The maximum Gasteiger partial charge on any atom is 0.230 e. The predicted molar refractivity (Wildman–Crippen MR) is 30.7 cm³/mol. The van der Waals surface area contributed by atoms with Gasteiger partial charge in [0.1, 0.15) is 4.47 Å². The molecule has 1 heterocycles. The molecule has 0 atom stereocenters. The fourth-order valence-electron chi connectivity index (χ4n) is 0.356. The summed E-state index contributed by atoms with van der Waals surface area (Å²) in [6.45, 7) is 0. The summed E-state index contributed by atoms with van der Waals surface area (Å²) in [5.41, 5.74) is 0. The molecular weight excluding hydrogens is 192 g/mol. The maximum atomic E-state index is 12.2. The van der Waals surface area contributed by atoms with Crippen molar-refractivity contribution in [3.8, 4) is 0 Å². The van der Waals surface area contributed by atoms with E-state index in [1.165, 1.54) is 0 Å². The van der Waals surface area contributed by atoms with Gasteiger partial charge in [-0.2, -0.15) is 4.39 Å². The van der Waals surface area contributed by atoms with E-state index >= 15 is 0 Å². The average molecular weight is 193 g/mol. The Bertz CT molecular complexity index is 206. The minimum atomic E-state index is -0.855. The van der Waals surface area contributed by atoms with Gasteiger partial charge in [-0.15, -0.1) is 0 Å². The Kier molecular flexibility index (Phi) is 1.75. The van der Waals surface area contributed by atoms with Gasteiger partial charge in [0.2, 0.25) is 5.95 Å². The van der Waals surface area contributed by atoms with Gasteiger partial charge in [0.25, 0.3) is 0 Å². The molecule has 1 radical (unpaired) electrons. The van der Waals surface area contributed by atoms with E-state index in [9.17, 15) is 8.78 Å². The van der Waals surface area contributed by atoms with Crippen molar-refractivity contribution >= 4 is 15.9 Å². The van der Waals surface area contributed by atoms with Crippen LogP contribution >= 0.6 is 15.9 Å². The van der Waals surface area contributed by atoms with Gasteiger partial charge in [-0.05, 0) is 15.9 Å². The zero-order chi connectivity index (χ0) is 6.85. The van der Waals surface area contributed by atoms with Crippen molar-refractivity contribution in [2.24, 2.45) is 0 Å². The number of aromatic nitrogens is 1. The minimum absolute atomic E-state index is 0.273. The summed E-state index contributed by atoms with van der Waals surface area (Å²) in [5.74, 6) is -1.62. The molecule has 0 spiro atoms. The number of nitrogens with zero attached hydrogens (tertiary/aromatic N) is 1. The lowest BCUT2D eigenvalue weighted by Gasteiger charge is -1.90. The van der Waals surface area contributed by atoms with Gasteiger partial charge in [0.15, 0.2) is 5.82 Å². The number of rotatable bonds is 0. The maximum absolute atomic E-state index is 12.2. The van der Waals surface area contributed by atoms with Crippen LogP contribution in [0.4, 0.5) is 8.78 Å². The molecule has 0 saturated carbocycles. The summed E-state index contributed by atoms with van der Waals surface area (Å²) < 4.78 is 24.1. The van der Waals surface area contributed by atoms with Crippen molar-refractivity contribution < 1.29 is 8.78 Å². The monoisotopic (exact) mass is 192 g/mol. The molecule has 0 N–H and O–H groups in total. The number of hydrogen-bond donors (Lipinski definition) is 0. The van der Waals surface area contributed by atoms with Gasteiger partial charge in [0, 0.05) is 12.3 Å². The molecule has 0 aliphatic rings. The van der Waals surface area contributed by atoms with Gasteiger partial charge >= 0.3 is 0 Å². The Labute approximate surface area is 58.8 Å². The van der Waals surface area contributed by atoms with Crippen LogP contribution in [0.3, 0.4) is 0 Å². The van der Waals surface area contributed by atoms with Gasteiger partial charge in [-0.3, -0.25) is 0 Å². The normalized spacial score (nSPS) is 9.67. The molecule has 0 aromatic carbocycles. The second-order valence-corrected chi connectivity index (χ2v) is 2.11. The zero-order valence-electron chi connectivity index (χ0n) is 4.16. The first-order chi connectivity index (χ1) is 4.22. The molecule has 0 unspecified atom stereocenters. The van der Waals surface area contributed by atoms with Crippen LogP contribution in [0.1, 0.15) is 0 Å². The Hall–Kier alpha value is -0.510. The molecule has 1 aromatic heterocycles. The fraction of sp³-hybridized carbons (Fsp3) is 0. The highest BCUT2D eigenvalue weighted by Crippen LogP contribution is 2.15. The van der Waals surface area contributed by atoms with Crippen LogP contribution in [0.2, 0.25) is 0 Å². The van der Waals surface area contributed by atoms with E-state index in [0.29, 0.717) is 0 Å². The van der Waals surface area contributed by atoms with Crippen molar-refractivity contribution in [1.82, 2.24) is 4.98 Å². The highest BCUT2D eigenvalue weighted by Gasteiger charge is 2.03. The molecule has 0 aliphatic carbocycles. The summed E-state index contributed by atoms with van der Waals surface area (Å²) in [7, 11) is 0. The van der Waals surface area contributed by atoms with Crippen molar-refractivity contribution in [1.29, 1.82) is 0 Å². The third-order valence-electron chi connectivity index (χ3n) is 0.743. The van der Waals surface area contributed by atoms with Crippen molar-refractivity contribution in [2.75, 3.05) is 0 Å². The number of pyridine rings is 1. The van der Waals surface area contributed by atoms with E-state index in [4.69, 9.17) is 0 Å². The lowest BCUT2D eigenvalue weighted by Crippen LogP contribution is -1.86. The van der Waals surface area contributed by atoms with Crippen molar-refractivity contribution in [3.63, 3.8) is 0 Å². The molecular formula is C5HBrF2N. The summed E-state index contributed by atoms with van der Waals surface area (Å²) in [5, 5.41) is 0. The van der Waals surface area contributed by atoms with Crippen LogP contribution in [0.25, 0.3) is 0 Å². The summed E-state index contributed by atoms with van der Waals surface area (Å²) in [6, 6.07) is 2.08. The Morgan fingerprint density at radius 1 is 1.56 bits per heavy atom. The SMILES string of the molecule is Fc1[c]cnc(F)c1Br. The Morgan fingerprint density at radius 2 is 2.22 bits per heavy atom. The molecule has 0 fully saturated rings. The molecule has 0 amide bonds. The fourth-order valence-corrected chi connectivity index (χ4v) is 0.573. The first kappa shape index (κ1) is 6.61.